The number of benzene rings is 1. The number of amides is 1. The van der Waals surface area contributed by atoms with Gasteiger partial charge in [-0.3, -0.25) is 9.69 Å². The van der Waals surface area contributed by atoms with E-state index in [1.807, 2.05) is 41.3 Å². The van der Waals surface area contributed by atoms with Gasteiger partial charge in [0.25, 0.3) is 0 Å². The Labute approximate surface area is 152 Å². The molecule has 1 aliphatic heterocycles. The van der Waals surface area contributed by atoms with E-state index in [0.29, 0.717) is 31.2 Å². The van der Waals surface area contributed by atoms with Crippen molar-refractivity contribution in [3.63, 3.8) is 0 Å². The maximum Gasteiger partial charge on any atom is 0.227 e. The van der Waals surface area contributed by atoms with Crippen molar-refractivity contribution in [1.82, 2.24) is 14.8 Å². The van der Waals surface area contributed by atoms with Crippen LogP contribution in [0.3, 0.4) is 0 Å². The van der Waals surface area contributed by atoms with E-state index in [2.05, 4.69) is 9.88 Å². The molecule has 0 aliphatic carbocycles. The fraction of sp³-hybridized carbons (Fsp3) is 0.368. The normalized spacial score (nSPS) is 16.6. The highest BCUT2D eigenvalue weighted by Crippen LogP contribution is 2.15. The van der Waals surface area contributed by atoms with Crippen LogP contribution in [0.2, 0.25) is 5.15 Å². The van der Waals surface area contributed by atoms with Gasteiger partial charge < -0.3 is 10.0 Å². The molecule has 1 amide bonds. The number of hydrogen-bond donors (Lipinski definition) is 1. The summed E-state index contributed by atoms with van der Waals surface area (Å²) in [5.74, 6) is 0.104. The smallest absolute Gasteiger partial charge is 0.227 e. The van der Waals surface area contributed by atoms with Crippen molar-refractivity contribution in [1.29, 1.82) is 0 Å². The molecule has 3 rings (SSSR count). The van der Waals surface area contributed by atoms with Crippen LogP contribution in [0.25, 0.3) is 0 Å². The standard InChI is InChI=1S/C19H22ClN3O2/c20-18-7-6-15(13-21-18)12-19(25)23-10-8-22(9-11-23)14-17(24)16-4-2-1-3-5-16/h1-7,13,17,24H,8-12,14H2. The molecule has 1 atom stereocenters. The van der Waals surface area contributed by atoms with Crippen molar-refractivity contribution in [3.05, 3.63) is 64.9 Å². The highest BCUT2D eigenvalue weighted by molar-refractivity contribution is 6.29. The van der Waals surface area contributed by atoms with Crippen LogP contribution in [0.15, 0.2) is 48.7 Å². The Bertz CT molecular complexity index is 686. The molecule has 1 saturated heterocycles. The van der Waals surface area contributed by atoms with Gasteiger partial charge in [0.1, 0.15) is 5.15 Å². The molecule has 1 aliphatic rings. The van der Waals surface area contributed by atoms with Crippen molar-refractivity contribution in [2.45, 2.75) is 12.5 Å². The number of rotatable bonds is 5. The second-order valence-corrected chi connectivity index (χ2v) is 6.66. The Morgan fingerprint density at radius 3 is 2.48 bits per heavy atom. The van der Waals surface area contributed by atoms with Crippen LogP contribution in [0.5, 0.6) is 0 Å². The van der Waals surface area contributed by atoms with E-state index >= 15 is 0 Å². The molecule has 0 radical (unpaired) electrons. The van der Waals surface area contributed by atoms with Crippen LogP contribution < -0.4 is 0 Å². The number of β-amino-alcohol motifs (C(OH)–C–C–N with tert-alkyl or cyclic N) is 1. The minimum Gasteiger partial charge on any atom is -0.387 e. The monoisotopic (exact) mass is 359 g/mol. The first-order valence-corrected chi connectivity index (χ1v) is 8.83. The molecule has 1 aromatic carbocycles. The van der Waals surface area contributed by atoms with Gasteiger partial charge in [0.2, 0.25) is 5.91 Å². The lowest BCUT2D eigenvalue weighted by molar-refractivity contribution is -0.132. The molecule has 1 fully saturated rings. The van der Waals surface area contributed by atoms with Crippen molar-refractivity contribution < 1.29 is 9.90 Å². The Morgan fingerprint density at radius 2 is 1.84 bits per heavy atom. The lowest BCUT2D eigenvalue weighted by atomic mass is 10.1. The van der Waals surface area contributed by atoms with E-state index in [1.165, 1.54) is 0 Å². The van der Waals surface area contributed by atoms with Gasteiger partial charge in [-0.1, -0.05) is 48.0 Å². The third-order valence-electron chi connectivity index (χ3n) is 4.48. The van der Waals surface area contributed by atoms with E-state index in [-0.39, 0.29) is 5.91 Å². The number of halogens is 1. The third-order valence-corrected chi connectivity index (χ3v) is 4.71. The Balaban J connectivity index is 1.46. The van der Waals surface area contributed by atoms with Crippen molar-refractivity contribution in [2.24, 2.45) is 0 Å². The van der Waals surface area contributed by atoms with Crippen molar-refractivity contribution >= 4 is 17.5 Å². The highest BCUT2D eigenvalue weighted by Gasteiger charge is 2.23. The van der Waals surface area contributed by atoms with E-state index in [1.54, 1.807) is 12.3 Å². The molecule has 1 aromatic heterocycles. The summed E-state index contributed by atoms with van der Waals surface area (Å²) >= 11 is 5.77. The van der Waals surface area contributed by atoms with Crippen molar-refractivity contribution in [2.75, 3.05) is 32.7 Å². The minimum atomic E-state index is -0.497. The Hall–Kier alpha value is -1.95. The number of carbonyl (C=O) groups excluding carboxylic acids is 1. The van der Waals surface area contributed by atoms with Crippen molar-refractivity contribution in [3.8, 4) is 0 Å². The summed E-state index contributed by atoms with van der Waals surface area (Å²) in [7, 11) is 0. The quantitative estimate of drug-likeness (QED) is 0.831. The summed E-state index contributed by atoms with van der Waals surface area (Å²) in [6.45, 7) is 3.50. The number of pyridine rings is 1. The van der Waals surface area contributed by atoms with Gasteiger partial charge in [0.05, 0.1) is 12.5 Å². The van der Waals surface area contributed by atoms with Gasteiger partial charge in [0.15, 0.2) is 0 Å². The zero-order chi connectivity index (χ0) is 17.6. The van der Waals surface area contributed by atoms with E-state index < -0.39 is 6.10 Å². The molecule has 132 valence electrons. The first-order valence-electron chi connectivity index (χ1n) is 8.45. The third kappa shape index (κ3) is 5.01. The zero-order valence-electron chi connectivity index (χ0n) is 14.0. The average molecular weight is 360 g/mol. The summed E-state index contributed by atoms with van der Waals surface area (Å²) in [6, 6.07) is 13.2. The first kappa shape index (κ1) is 17.9. The first-order chi connectivity index (χ1) is 12.1. The van der Waals surface area contributed by atoms with Crippen LogP contribution in [-0.2, 0) is 11.2 Å². The van der Waals surface area contributed by atoms with Gasteiger partial charge in [-0.05, 0) is 17.2 Å². The molecular weight excluding hydrogens is 338 g/mol. The number of piperazine rings is 1. The molecule has 2 aromatic rings. The van der Waals surface area contributed by atoms with E-state index in [4.69, 9.17) is 11.6 Å². The molecule has 1 N–H and O–H groups in total. The van der Waals surface area contributed by atoms with Crippen LogP contribution >= 0.6 is 11.6 Å². The summed E-state index contributed by atoms with van der Waals surface area (Å²) in [5, 5.41) is 10.8. The molecular formula is C19H22ClN3O2. The maximum absolute atomic E-state index is 12.4. The molecule has 25 heavy (non-hydrogen) atoms. The molecule has 0 saturated carbocycles. The summed E-state index contributed by atoms with van der Waals surface area (Å²) in [5.41, 5.74) is 1.80. The van der Waals surface area contributed by atoms with Gasteiger partial charge in [-0.25, -0.2) is 4.98 Å². The minimum absolute atomic E-state index is 0.104. The van der Waals surface area contributed by atoms with Crippen LogP contribution in [0.1, 0.15) is 17.2 Å². The topological polar surface area (TPSA) is 56.7 Å². The highest BCUT2D eigenvalue weighted by atomic mass is 35.5. The summed E-state index contributed by atoms with van der Waals surface area (Å²) < 4.78 is 0. The summed E-state index contributed by atoms with van der Waals surface area (Å²) in [6.07, 6.45) is 1.49. The number of carbonyl (C=O) groups is 1. The number of hydrogen-bond acceptors (Lipinski definition) is 4. The predicted molar refractivity (Wildman–Crippen MR) is 97.4 cm³/mol. The fourth-order valence-electron chi connectivity index (χ4n) is 3.00. The van der Waals surface area contributed by atoms with Crippen LogP contribution in [0.4, 0.5) is 0 Å². The second-order valence-electron chi connectivity index (χ2n) is 6.27. The molecule has 5 nitrogen and oxygen atoms in total. The number of nitrogens with zero attached hydrogens (tertiary/aromatic N) is 3. The SMILES string of the molecule is O=C(Cc1ccc(Cl)nc1)N1CCN(CC(O)c2ccccc2)CC1. The van der Waals surface area contributed by atoms with Gasteiger partial charge >= 0.3 is 0 Å². The molecule has 0 bridgehead atoms. The Kier molecular flexibility index (Phi) is 6.02. The summed E-state index contributed by atoms with van der Waals surface area (Å²) in [4.78, 5) is 20.5. The number of aliphatic hydroxyl groups excluding tert-OH is 1. The Morgan fingerprint density at radius 1 is 1.12 bits per heavy atom. The largest absolute Gasteiger partial charge is 0.387 e. The lowest BCUT2D eigenvalue weighted by Crippen LogP contribution is -2.50. The molecule has 2 heterocycles. The van der Waals surface area contributed by atoms with Crippen LogP contribution in [-0.4, -0.2) is 58.5 Å². The molecule has 0 spiro atoms. The zero-order valence-corrected chi connectivity index (χ0v) is 14.8. The molecule has 1 unspecified atom stereocenters. The maximum atomic E-state index is 12.4. The van der Waals surface area contributed by atoms with Gasteiger partial charge in [0, 0.05) is 38.9 Å². The van der Waals surface area contributed by atoms with Gasteiger partial charge in [-0.2, -0.15) is 0 Å². The molecule has 6 heteroatoms. The number of aromatic nitrogens is 1. The van der Waals surface area contributed by atoms with Crippen LogP contribution in [0, 0.1) is 0 Å². The average Bonchev–Trinajstić information content (AvgIpc) is 2.65. The fourth-order valence-corrected chi connectivity index (χ4v) is 3.11. The van der Waals surface area contributed by atoms with E-state index in [0.717, 1.165) is 24.2 Å². The lowest BCUT2D eigenvalue weighted by Gasteiger charge is -2.35. The number of aliphatic hydroxyl groups is 1. The second kappa shape index (κ2) is 8.43. The van der Waals surface area contributed by atoms with E-state index in [9.17, 15) is 9.90 Å². The van der Waals surface area contributed by atoms with Gasteiger partial charge in [-0.15, -0.1) is 0 Å². The predicted octanol–water partition coefficient (Wildman–Crippen LogP) is 2.16.